The average molecular weight is 664 g/mol. The minimum absolute atomic E-state index is 0.0435. The maximum Gasteiger partial charge on any atom is 0.413 e. The quantitative estimate of drug-likeness (QED) is 0.148. The lowest BCUT2D eigenvalue weighted by Crippen LogP contribution is -2.34. The van der Waals surface area contributed by atoms with E-state index in [9.17, 15) is 9.18 Å². The van der Waals surface area contributed by atoms with Gasteiger partial charge in [-0.1, -0.05) is 24.3 Å². The second-order valence-electron chi connectivity index (χ2n) is 12.7. The maximum atomic E-state index is 14.9. The zero-order valence-electron chi connectivity index (χ0n) is 28.4. The number of amides is 1. The van der Waals surface area contributed by atoms with E-state index < -0.39 is 11.9 Å². The first-order chi connectivity index (χ1) is 23.7. The number of hydrogen-bond acceptors (Lipinski definition) is 8. The van der Waals surface area contributed by atoms with Gasteiger partial charge in [-0.2, -0.15) is 10.1 Å². The molecular weight excluding hydrogens is 621 g/mol. The minimum atomic E-state index is -0.665. The third-order valence-electron chi connectivity index (χ3n) is 9.05. The van der Waals surface area contributed by atoms with Crippen molar-refractivity contribution in [3.05, 3.63) is 113 Å². The van der Waals surface area contributed by atoms with Gasteiger partial charge >= 0.3 is 6.09 Å². The van der Waals surface area contributed by atoms with Crippen molar-refractivity contribution in [3.63, 3.8) is 0 Å². The van der Waals surface area contributed by atoms with Gasteiger partial charge in [0.15, 0.2) is 11.6 Å². The fraction of sp³-hybridized carbons (Fsp3) is 0.316. The smallest absolute Gasteiger partial charge is 0.413 e. The van der Waals surface area contributed by atoms with E-state index >= 15 is 0 Å². The van der Waals surface area contributed by atoms with Gasteiger partial charge in [0.1, 0.15) is 12.4 Å². The van der Waals surface area contributed by atoms with E-state index in [-0.39, 0.29) is 24.1 Å². The molecule has 254 valence electrons. The van der Waals surface area contributed by atoms with Gasteiger partial charge in [0.2, 0.25) is 5.95 Å². The number of anilines is 3. The van der Waals surface area contributed by atoms with E-state index in [1.54, 1.807) is 24.4 Å². The number of carbonyl (C=O) groups is 1. The summed E-state index contributed by atoms with van der Waals surface area (Å²) in [6.07, 6.45) is 6.69. The largest absolute Gasteiger partial charge is 0.490 e. The van der Waals surface area contributed by atoms with Crippen LogP contribution in [-0.4, -0.2) is 57.5 Å². The molecule has 0 saturated carbocycles. The molecule has 0 aliphatic carbocycles. The third kappa shape index (κ3) is 8.60. The molecule has 1 atom stereocenters. The van der Waals surface area contributed by atoms with Crippen LogP contribution in [0.1, 0.15) is 40.7 Å². The molecule has 2 aromatic heterocycles. The zero-order valence-corrected chi connectivity index (χ0v) is 28.4. The second kappa shape index (κ2) is 15.3. The van der Waals surface area contributed by atoms with Crippen LogP contribution in [0.25, 0.3) is 11.1 Å². The highest BCUT2D eigenvalue weighted by Gasteiger charge is 2.19. The monoisotopic (exact) mass is 663 g/mol. The molecule has 1 fully saturated rings. The Bertz CT molecular complexity index is 1910. The summed E-state index contributed by atoms with van der Waals surface area (Å²) in [6.45, 7) is 9.47. The predicted octanol–water partition coefficient (Wildman–Crippen LogP) is 7.67. The molecule has 10 nitrogen and oxygen atoms in total. The van der Waals surface area contributed by atoms with Crippen molar-refractivity contribution in [1.82, 2.24) is 24.6 Å². The molecule has 1 aliphatic rings. The summed E-state index contributed by atoms with van der Waals surface area (Å²) < 4.78 is 28.2. The highest BCUT2D eigenvalue weighted by Crippen LogP contribution is 2.32. The number of benzene rings is 3. The topological polar surface area (TPSA) is 106 Å². The second-order valence-corrected chi connectivity index (χ2v) is 12.7. The Balaban J connectivity index is 1.10. The van der Waals surface area contributed by atoms with Gasteiger partial charge in [0, 0.05) is 42.8 Å². The molecule has 1 aliphatic heterocycles. The number of rotatable bonds is 11. The van der Waals surface area contributed by atoms with Crippen LogP contribution in [0.5, 0.6) is 5.75 Å². The normalized spacial score (nSPS) is 14.8. The van der Waals surface area contributed by atoms with Crippen molar-refractivity contribution in [1.29, 1.82) is 0 Å². The molecule has 11 heteroatoms. The van der Waals surface area contributed by atoms with E-state index in [2.05, 4.69) is 88.8 Å². The molecule has 2 N–H and O–H groups in total. The van der Waals surface area contributed by atoms with Crippen LogP contribution in [-0.2, 0) is 17.9 Å². The molecule has 1 unspecified atom stereocenters. The van der Waals surface area contributed by atoms with Gasteiger partial charge in [0.25, 0.3) is 0 Å². The van der Waals surface area contributed by atoms with Crippen LogP contribution in [0.2, 0.25) is 0 Å². The van der Waals surface area contributed by atoms with Crippen LogP contribution in [0.4, 0.5) is 26.6 Å². The van der Waals surface area contributed by atoms with Gasteiger partial charge in [-0.3, -0.25) is 10.00 Å². The van der Waals surface area contributed by atoms with Crippen molar-refractivity contribution in [2.45, 2.75) is 46.8 Å². The average Bonchev–Trinajstić information content (AvgIpc) is 3.60. The summed E-state index contributed by atoms with van der Waals surface area (Å²) in [6, 6.07) is 18.5. The summed E-state index contributed by atoms with van der Waals surface area (Å²) in [5, 5.41) is 10.0. The van der Waals surface area contributed by atoms with Crippen LogP contribution in [0, 0.1) is 32.5 Å². The summed E-state index contributed by atoms with van der Waals surface area (Å²) >= 11 is 0. The van der Waals surface area contributed by atoms with E-state index in [4.69, 9.17) is 9.47 Å². The number of aryl methyl sites for hydroxylation is 1. The first-order valence-electron chi connectivity index (χ1n) is 16.5. The number of ether oxygens (including phenoxy) is 2. The fourth-order valence-electron chi connectivity index (χ4n) is 6.17. The first-order valence-corrected chi connectivity index (χ1v) is 16.5. The third-order valence-corrected chi connectivity index (χ3v) is 9.05. The molecule has 5 aromatic rings. The number of piperidine rings is 1. The Hall–Kier alpha value is -5.29. The Morgan fingerprint density at radius 3 is 2.67 bits per heavy atom. The van der Waals surface area contributed by atoms with E-state index in [0.717, 1.165) is 48.2 Å². The molecule has 3 aromatic carbocycles. The lowest BCUT2D eigenvalue weighted by molar-refractivity contribution is 0.147. The van der Waals surface area contributed by atoms with Crippen LogP contribution in [0.3, 0.4) is 0 Å². The summed E-state index contributed by atoms with van der Waals surface area (Å²) in [5.74, 6) is 0.539. The zero-order chi connectivity index (χ0) is 34.3. The van der Waals surface area contributed by atoms with Gasteiger partial charge < -0.3 is 19.7 Å². The Kier molecular flexibility index (Phi) is 10.5. The van der Waals surface area contributed by atoms with Gasteiger partial charge in [-0.05, 0) is 116 Å². The molecule has 1 amide bonds. The van der Waals surface area contributed by atoms with Crippen molar-refractivity contribution in [2.24, 2.45) is 5.92 Å². The van der Waals surface area contributed by atoms with E-state index in [0.29, 0.717) is 24.8 Å². The maximum absolute atomic E-state index is 14.9. The molecule has 6 rings (SSSR count). The standard InChI is InChI=1S/C38H42FN7O3/c1-25-8-11-32(27(3)26(25)2)33-12-9-28(22-46-18-6-15-41-46)19-30(33)24-49-38(47)44-36-14-16-40-37(43-36)42-31-10-13-35(34(39)20-31)48-23-29-7-5-17-45(4)21-29/h6,8-16,18-20,29H,5,7,17,21-24H2,1-4H3,(H2,40,42,43,44,47). The molecule has 1 saturated heterocycles. The predicted molar refractivity (Wildman–Crippen MR) is 189 cm³/mol. The lowest BCUT2D eigenvalue weighted by Gasteiger charge is -2.29. The lowest BCUT2D eigenvalue weighted by atomic mass is 9.91. The summed E-state index contributed by atoms with van der Waals surface area (Å²) in [7, 11) is 2.09. The molecule has 49 heavy (non-hydrogen) atoms. The SMILES string of the molecule is Cc1ccc(-c2ccc(Cn3cccn3)cc2COC(=O)Nc2ccnc(Nc3ccc(OCC4CCCN(C)C4)c(F)c3)n2)c(C)c1C. The summed E-state index contributed by atoms with van der Waals surface area (Å²) in [5.41, 5.74) is 8.08. The van der Waals surface area contributed by atoms with Crippen LogP contribution in [0.15, 0.2) is 79.3 Å². The number of carbonyl (C=O) groups excluding carboxylic acids is 1. The molecule has 0 radical (unpaired) electrons. The molecule has 3 heterocycles. The number of aromatic nitrogens is 4. The van der Waals surface area contributed by atoms with Crippen molar-refractivity contribution in [2.75, 3.05) is 37.4 Å². The minimum Gasteiger partial charge on any atom is -0.490 e. The summed E-state index contributed by atoms with van der Waals surface area (Å²) in [4.78, 5) is 23.9. The number of likely N-dealkylation sites (tertiary alicyclic amines) is 1. The first kappa shape index (κ1) is 33.6. The molecule has 0 bridgehead atoms. The van der Waals surface area contributed by atoms with Crippen LogP contribution < -0.4 is 15.4 Å². The Morgan fingerprint density at radius 2 is 1.88 bits per heavy atom. The fourth-order valence-corrected chi connectivity index (χ4v) is 6.17. The Labute approximate surface area is 286 Å². The van der Waals surface area contributed by atoms with Crippen molar-refractivity contribution in [3.8, 4) is 16.9 Å². The van der Waals surface area contributed by atoms with Crippen molar-refractivity contribution < 1.29 is 18.7 Å². The highest BCUT2D eigenvalue weighted by molar-refractivity contribution is 5.83. The van der Waals surface area contributed by atoms with E-state index in [1.165, 1.54) is 29.0 Å². The number of halogens is 1. The van der Waals surface area contributed by atoms with Crippen LogP contribution >= 0.6 is 0 Å². The molecular formula is C38H42FN7O3. The number of nitrogens with one attached hydrogen (secondary N) is 2. The number of nitrogens with zero attached hydrogens (tertiary/aromatic N) is 5. The highest BCUT2D eigenvalue weighted by atomic mass is 19.1. The van der Waals surface area contributed by atoms with Crippen molar-refractivity contribution >= 4 is 23.5 Å². The van der Waals surface area contributed by atoms with Gasteiger partial charge in [0.05, 0.1) is 13.2 Å². The number of hydrogen-bond donors (Lipinski definition) is 2. The van der Waals surface area contributed by atoms with Gasteiger partial charge in [-0.15, -0.1) is 0 Å². The van der Waals surface area contributed by atoms with E-state index in [1.807, 2.05) is 16.9 Å². The Morgan fingerprint density at radius 1 is 1.02 bits per heavy atom. The van der Waals surface area contributed by atoms with Gasteiger partial charge in [-0.25, -0.2) is 14.2 Å². The molecule has 0 spiro atoms.